The van der Waals surface area contributed by atoms with Crippen molar-refractivity contribution in [2.45, 2.75) is 25.0 Å². The molecule has 1 amide bonds. The molecule has 1 heterocycles. The fraction of sp³-hybridized carbons (Fsp3) is 0.500. The minimum absolute atomic E-state index is 0.0227. The minimum Gasteiger partial charge on any atom is -0.477 e. The van der Waals surface area contributed by atoms with Gasteiger partial charge in [0.05, 0.1) is 6.54 Å². The lowest BCUT2D eigenvalue weighted by molar-refractivity contribution is -0.129. The Balaban J connectivity index is 2.85. The molecule has 1 aromatic rings. The van der Waals surface area contributed by atoms with Crippen LogP contribution in [-0.4, -0.2) is 49.9 Å². The molecule has 0 spiro atoms. The van der Waals surface area contributed by atoms with Gasteiger partial charge in [0.2, 0.25) is 5.91 Å². The zero-order valence-corrected chi connectivity index (χ0v) is 13.7. The van der Waals surface area contributed by atoms with Crippen molar-refractivity contribution in [3.05, 3.63) is 16.5 Å². The summed E-state index contributed by atoms with van der Waals surface area (Å²) in [6.45, 7) is 5.79. The molecular formula is C12H18N2O5S2. The molecule has 0 fully saturated rings. The fourth-order valence-corrected chi connectivity index (χ4v) is 4.11. The van der Waals surface area contributed by atoms with E-state index >= 15 is 0 Å². The molecule has 0 atom stereocenters. The molecule has 1 rings (SSSR count). The number of hydrogen-bond acceptors (Lipinski definition) is 5. The van der Waals surface area contributed by atoms with Crippen molar-refractivity contribution in [1.29, 1.82) is 0 Å². The second-order valence-electron chi connectivity index (χ2n) is 4.27. The van der Waals surface area contributed by atoms with Gasteiger partial charge >= 0.3 is 5.97 Å². The van der Waals surface area contributed by atoms with Gasteiger partial charge in [-0.15, -0.1) is 11.3 Å². The van der Waals surface area contributed by atoms with Crippen LogP contribution >= 0.6 is 11.3 Å². The van der Waals surface area contributed by atoms with E-state index in [2.05, 4.69) is 4.72 Å². The summed E-state index contributed by atoms with van der Waals surface area (Å²) in [6, 6.07) is 1.29. The quantitative estimate of drug-likeness (QED) is 0.771. The van der Waals surface area contributed by atoms with Crippen LogP contribution in [0.1, 0.15) is 29.1 Å². The maximum absolute atomic E-state index is 12.1. The van der Waals surface area contributed by atoms with Crippen molar-refractivity contribution in [3.8, 4) is 0 Å². The Hall–Kier alpha value is -1.45. The van der Waals surface area contributed by atoms with Crippen molar-refractivity contribution < 1.29 is 23.1 Å². The number of carbonyl (C=O) groups is 2. The van der Waals surface area contributed by atoms with E-state index in [1.54, 1.807) is 13.8 Å². The average Bonchev–Trinajstić information content (AvgIpc) is 2.81. The molecular weight excluding hydrogens is 316 g/mol. The molecule has 21 heavy (non-hydrogen) atoms. The first-order chi connectivity index (χ1) is 9.72. The summed E-state index contributed by atoms with van der Waals surface area (Å²) in [5.74, 6) is -1.49. The fourth-order valence-electron chi connectivity index (χ4n) is 1.71. The second kappa shape index (κ2) is 7.01. The Kier molecular flexibility index (Phi) is 5.87. The summed E-state index contributed by atoms with van der Waals surface area (Å²) in [5, 5.41) is 8.93. The first-order valence-electron chi connectivity index (χ1n) is 6.34. The van der Waals surface area contributed by atoms with Crippen LogP contribution in [0.4, 0.5) is 0 Å². The largest absolute Gasteiger partial charge is 0.477 e. The number of hydrogen-bond donors (Lipinski definition) is 2. The summed E-state index contributed by atoms with van der Waals surface area (Å²) in [4.78, 5) is 24.2. The lowest BCUT2D eigenvalue weighted by Crippen LogP contribution is -2.39. The van der Waals surface area contributed by atoms with Crippen LogP contribution in [0.15, 0.2) is 10.3 Å². The molecule has 2 N–H and O–H groups in total. The first-order valence-corrected chi connectivity index (χ1v) is 8.64. The minimum atomic E-state index is -3.88. The zero-order chi connectivity index (χ0) is 16.2. The number of rotatable bonds is 7. The van der Waals surface area contributed by atoms with E-state index in [-0.39, 0.29) is 21.5 Å². The zero-order valence-electron chi connectivity index (χ0n) is 12.0. The number of thiophene rings is 1. The topological polar surface area (TPSA) is 104 Å². The lowest BCUT2D eigenvalue weighted by Gasteiger charge is -2.18. The molecule has 0 bridgehead atoms. The lowest BCUT2D eigenvalue weighted by atomic mass is 10.3. The van der Waals surface area contributed by atoms with E-state index in [9.17, 15) is 18.0 Å². The monoisotopic (exact) mass is 334 g/mol. The standard InChI is InChI=1S/C12H18N2O5S2/c1-4-14(5-2)9(15)7-13-21(18,19)10-6-8(3)11(20-10)12(16)17/h6,13H,4-5,7H2,1-3H3,(H,16,17). The third kappa shape index (κ3) is 4.26. The van der Waals surface area contributed by atoms with Gasteiger partial charge in [-0.05, 0) is 32.4 Å². The number of likely N-dealkylation sites (N-methyl/N-ethyl adjacent to an activating group) is 1. The van der Waals surface area contributed by atoms with E-state index in [1.807, 2.05) is 0 Å². The van der Waals surface area contributed by atoms with Gasteiger partial charge in [-0.2, -0.15) is 0 Å². The van der Waals surface area contributed by atoms with E-state index in [0.29, 0.717) is 30.0 Å². The molecule has 0 saturated heterocycles. The molecule has 118 valence electrons. The maximum Gasteiger partial charge on any atom is 0.346 e. The molecule has 0 aliphatic heterocycles. The molecule has 7 nitrogen and oxygen atoms in total. The Bertz CT molecular complexity index is 632. The highest BCUT2D eigenvalue weighted by Crippen LogP contribution is 2.25. The van der Waals surface area contributed by atoms with Gasteiger partial charge in [-0.1, -0.05) is 0 Å². The Morgan fingerprint density at radius 2 is 1.90 bits per heavy atom. The van der Waals surface area contributed by atoms with Crippen molar-refractivity contribution in [2.75, 3.05) is 19.6 Å². The highest BCUT2D eigenvalue weighted by atomic mass is 32.2. The molecule has 0 aliphatic carbocycles. The molecule has 0 aliphatic rings. The molecule has 9 heteroatoms. The van der Waals surface area contributed by atoms with Gasteiger partial charge in [0.15, 0.2) is 0 Å². The number of aryl methyl sites for hydroxylation is 1. The third-order valence-corrected chi connectivity index (χ3v) is 5.98. The number of sulfonamides is 1. The van der Waals surface area contributed by atoms with Crippen LogP contribution in [0.2, 0.25) is 0 Å². The molecule has 1 aromatic heterocycles. The molecule has 0 saturated carbocycles. The van der Waals surface area contributed by atoms with Crippen molar-refractivity contribution in [1.82, 2.24) is 9.62 Å². The predicted octanol–water partition coefficient (Wildman–Crippen LogP) is 0.901. The SMILES string of the molecule is CCN(CC)C(=O)CNS(=O)(=O)c1cc(C)c(C(=O)O)s1. The van der Waals surface area contributed by atoms with E-state index < -0.39 is 16.0 Å². The normalized spacial score (nSPS) is 11.4. The number of carboxylic acids is 1. The summed E-state index contributed by atoms with van der Waals surface area (Å²) >= 11 is 0.671. The number of amides is 1. The average molecular weight is 334 g/mol. The van der Waals surface area contributed by atoms with Crippen LogP contribution in [0, 0.1) is 6.92 Å². The van der Waals surface area contributed by atoms with Crippen molar-refractivity contribution in [2.24, 2.45) is 0 Å². The van der Waals surface area contributed by atoms with Gasteiger partial charge in [0.1, 0.15) is 9.09 Å². The van der Waals surface area contributed by atoms with Gasteiger partial charge in [-0.25, -0.2) is 17.9 Å². The number of nitrogens with zero attached hydrogens (tertiary/aromatic N) is 1. The smallest absolute Gasteiger partial charge is 0.346 e. The van der Waals surface area contributed by atoms with Crippen LogP contribution < -0.4 is 4.72 Å². The number of carbonyl (C=O) groups excluding carboxylic acids is 1. The van der Waals surface area contributed by atoms with Gasteiger partial charge in [0, 0.05) is 13.1 Å². The second-order valence-corrected chi connectivity index (χ2v) is 7.32. The van der Waals surface area contributed by atoms with Crippen LogP contribution in [-0.2, 0) is 14.8 Å². The number of carboxylic acid groups (broad SMARTS) is 1. The summed E-state index contributed by atoms with van der Waals surface area (Å²) in [6.07, 6.45) is 0. The molecule has 0 unspecified atom stereocenters. The highest BCUT2D eigenvalue weighted by Gasteiger charge is 2.23. The number of aromatic carboxylic acids is 1. The molecule has 0 aromatic carbocycles. The Morgan fingerprint density at radius 1 is 1.33 bits per heavy atom. The maximum atomic E-state index is 12.1. The van der Waals surface area contributed by atoms with Crippen molar-refractivity contribution in [3.63, 3.8) is 0 Å². The predicted molar refractivity (Wildman–Crippen MR) is 79.1 cm³/mol. The van der Waals surface area contributed by atoms with Crippen LogP contribution in [0.5, 0.6) is 0 Å². The highest BCUT2D eigenvalue weighted by molar-refractivity contribution is 7.91. The van der Waals surface area contributed by atoms with Crippen LogP contribution in [0.25, 0.3) is 0 Å². The van der Waals surface area contributed by atoms with Gasteiger partial charge in [0.25, 0.3) is 10.0 Å². The summed E-state index contributed by atoms with van der Waals surface area (Å²) < 4.78 is 26.2. The summed E-state index contributed by atoms with van der Waals surface area (Å²) in [5.41, 5.74) is 0.378. The Labute approximate surface area is 127 Å². The summed E-state index contributed by atoms with van der Waals surface area (Å²) in [7, 11) is -3.88. The third-order valence-electron chi connectivity index (χ3n) is 2.88. The van der Waals surface area contributed by atoms with Crippen molar-refractivity contribution >= 4 is 33.2 Å². The first kappa shape index (κ1) is 17.6. The Morgan fingerprint density at radius 3 is 2.33 bits per heavy atom. The van der Waals surface area contributed by atoms with E-state index in [4.69, 9.17) is 5.11 Å². The van der Waals surface area contributed by atoms with Gasteiger partial charge < -0.3 is 10.0 Å². The van der Waals surface area contributed by atoms with Crippen LogP contribution in [0.3, 0.4) is 0 Å². The number of nitrogens with one attached hydrogen (secondary N) is 1. The molecule has 0 radical (unpaired) electrons. The van der Waals surface area contributed by atoms with E-state index in [1.165, 1.54) is 17.9 Å². The van der Waals surface area contributed by atoms with Gasteiger partial charge in [-0.3, -0.25) is 4.79 Å². The van der Waals surface area contributed by atoms with E-state index in [0.717, 1.165) is 0 Å².